The van der Waals surface area contributed by atoms with Crippen LogP contribution in [-0.2, 0) is 0 Å². The van der Waals surface area contributed by atoms with Crippen molar-refractivity contribution in [3.05, 3.63) is 23.2 Å². The van der Waals surface area contributed by atoms with E-state index in [1.54, 1.807) is 19.2 Å². The van der Waals surface area contributed by atoms with Crippen LogP contribution in [0, 0.1) is 0 Å². The molecule has 128 valence electrons. The number of urea groups is 1. The van der Waals surface area contributed by atoms with Crippen LogP contribution >= 0.6 is 11.6 Å². The standard InChI is InChI=1S/C15H20ClF2N3O2/c1-20(9-14(17)18)15(22)19-11-5-6-21(8-11)12-7-10(16)3-4-13(12)23-2/h3-4,7,11,14H,5-6,8-9H2,1-2H3,(H,19,22). The first-order chi connectivity index (χ1) is 10.9. The van der Waals surface area contributed by atoms with Crippen LogP contribution in [0.1, 0.15) is 6.42 Å². The molecule has 0 bridgehead atoms. The molecule has 5 nitrogen and oxygen atoms in total. The Morgan fingerprint density at radius 2 is 2.30 bits per heavy atom. The first-order valence-electron chi connectivity index (χ1n) is 7.29. The number of nitrogens with zero attached hydrogens (tertiary/aromatic N) is 2. The Bertz CT molecular complexity index is 560. The molecule has 1 aliphatic heterocycles. The number of hydrogen-bond donors (Lipinski definition) is 1. The van der Waals surface area contributed by atoms with Gasteiger partial charge in [-0.05, 0) is 24.6 Å². The Morgan fingerprint density at radius 3 is 2.96 bits per heavy atom. The highest BCUT2D eigenvalue weighted by atomic mass is 35.5. The summed E-state index contributed by atoms with van der Waals surface area (Å²) in [5.41, 5.74) is 0.859. The summed E-state index contributed by atoms with van der Waals surface area (Å²) in [4.78, 5) is 14.9. The average molecular weight is 348 g/mol. The zero-order chi connectivity index (χ0) is 17.0. The third-order valence-corrected chi connectivity index (χ3v) is 3.99. The number of carbonyl (C=O) groups is 1. The molecule has 1 aliphatic rings. The molecule has 1 N–H and O–H groups in total. The minimum Gasteiger partial charge on any atom is -0.495 e. The molecule has 8 heteroatoms. The van der Waals surface area contributed by atoms with Crippen LogP contribution in [0.4, 0.5) is 19.3 Å². The fraction of sp³-hybridized carbons (Fsp3) is 0.533. The van der Waals surface area contributed by atoms with E-state index in [2.05, 4.69) is 10.2 Å². The van der Waals surface area contributed by atoms with Crippen LogP contribution in [0.3, 0.4) is 0 Å². The van der Waals surface area contributed by atoms with E-state index in [1.165, 1.54) is 7.05 Å². The fourth-order valence-corrected chi connectivity index (χ4v) is 2.75. The average Bonchev–Trinajstić information content (AvgIpc) is 2.94. The van der Waals surface area contributed by atoms with Crippen LogP contribution in [-0.4, -0.2) is 57.2 Å². The lowest BCUT2D eigenvalue weighted by Crippen LogP contribution is -2.45. The van der Waals surface area contributed by atoms with E-state index in [1.807, 2.05) is 6.07 Å². The Labute approximate surface area is 139 Å². The summed E-state index contributed by atoms with van der Waals surface area (Å²) in [5.74, 6) is 0.705. The molecule has 1 atom stereocenters. The molecular weight excluding hydrogens is 328 g/mol. The third-order valence-electron chi connectivity index (χ3n) is 3.76. The van der Waals surface area contributed by atoms with Crippen LogP contribution in [0.15, 0.2) is 18.2 Å². The molecule has 1 aromatic rings. The Hall–Kier alpha value is -1.76. The first kappa shape index (κ1) is 17.6. The van der Waals surface area contributed by atoms with Crippen LogP contribution in [0.25, 0.3) is 0 Å². The van der Waals surface area contributed by atoms with Crippen molar-refractivity contribution in [1.82, 2.24) is 10.2 Å². The molecule has 23 heavy (non-hydrogen) atoms. The number of benzene rings is 1. The lowest BCUT2D eigenvalue weighted by molar-refractivity contribution is 0.107. The lowest BCUT2D eigenvalue weighted by Gasteiger charge is -2.23. The van der Waals surface area contributed by atoms with Crippen molar-refractivity contribution < 1.29 is 18.3 Å². The maximum Gasteiger partial charge on any atom is 0.317 e. The SMILES string of the molecule is COc1ccc(Cl)cc1N1CCC(NC(=O)N(C)CC(F)F)C1. The Kier molecular flexibility index (Phi) is 5.87. The number of halogens is 3. The van der Waals surface area contributed by atoms with Crippen LogP contribution in [0.5, 0.6) is 5.75 Å². The van der Waals surface area contributed by atoms with E-state index in [4.69, 9.17) is 16.3 Å². The van der Waals surface area contributed by atoms with Crippen LogP contribution in [0.2, 0.25) is 5.02 Å². The van der Waals surface area contributed by atoms with Crippen molar-refractivity contribution in [2.24, 2.45) is 0 Å². The van der Waals surface area contributed by atoms with Crippen molar-refractivity contribution >= 4 is 23.3 Å². The minimum atomic E-state index is -2.54. The Balaban J connectivity index is 1.96. The minimum absolute atomic E-state index is 0.105. The molecule has 2 amide bonds. The summed E-state index contributed by atoms with van der Waals surface area (Å²) in [6.07, 6.45) is -1.81. The molecule has 0 saturated carbocycles. The molecule has 1 fully saturated rings. The number of methoxy groups -OCH3 is 1. The van der Waals surface area contributed by atoms with E-state index < -0.39 is 19.0 Å². The predicted octanol–water partition coefficient (Wildman–Crippen LogP) is 2.83. The van der Waals surface area contributed by atoms with E-state index in [0.717, 1.165) is 23.6 Å². The number of carbonyl (C=O) groups excluding carboxylic acids is 1. The highest BCUT2D eigenvalue weighted by Crippen LogP contribution is 2.33. The van der Waals surface area contributed by atoms with Gasteiger partial charge in [0.15, 0.2) is 0 Å². The van der Waals surface area contributed by atoms with Crippen molar-refractivity contribution in [2.45, 2.75) is 18.9 Å². The predicted molar refractivity (Wildman–Crippen MR) is 85.8 cm³/mol. The third kappa shape index (κ3) is 4.60. The highest BCUT2D eigenvalue weighted by molar-refractivity contribution is 6.30. The highest BCUT2D eigenvalue weighted by Gasteiger charge is 2.27. The number of nitrogens with one attached hydrogen (secondary N) is 1. The largest absolute Gasteiger partial charge is 0.495 e. The smallest absolute Gasteiger partial charge is 0.317 e. The lowest BCUT2D eigenvalue weighted by atomic mass is 10.2. The van der Waals surface area contributed by atoms with Crippen molar-refractivity contribution in [2.75, 3.05) is 38.7 Å². The molecule has 0 aliphatic carbocycles. The quantitative estimate of drug-likeness (QED) is 0.890. The zero-order valence-corrected chi connectivity index (χ0v) is 13.8. The monoisotopic (exact) mass is 347 g/mol. The van der Waals surface area contributed by atoms with Gasteiger partial charge >= 0.3 is 6.03 Å². The molecule has 1 saturated heterocycles. The number of rotatable bonds is 5. The summed E-state index contributed by atoms with van der Waals surface area (Å²) in [6.45, 7) is 0.718. The molecule has 1 unspecified atom stereocenters. The van der Waals surface area contributed by atoms with E-state index in [-0.39, 0.29) is 6.04 Å². The summed E-state index contributed by atoms with van der Waals surface area (Å²) < 4.78 is 29.9. The number of ether oxygens (including phenoxy) is 1. The number of anilines is 1. The van der Waals surface area contributed by atoms with Crippen LogP contribution < -0.4 is 15.0 Å². The maximum absolute atomic E-state index is 12.3. The molecular formula is C15H20ClF2N3O2. The zero-order valence-electron chi connectivity index (χ0n) is 13.1. The summed E-state index contributed by atoms with van der Waals surface area (Å²) >= 11 is 6.03. The second-order valence-electron chi connectivity index (χ2n) is 5.47. The molecule has 0 aromatic heterocycles. The maximum atomic E-state index is 12.3. The molecule has 2 rings (SSSR count). The second-order valence-corrected chi connectivity index (χ2v) is 5.91. The number of hydrogen-bond acceptors (Lipinski definition) is 3. The second kappa shape index (κ2) is 7.68. The molecule has 0 spiro atoms. The van der Waals surface area contributed by atoms with Gasteiger partial charge in [0.1, 0.15) is 5.75 Å². The molecule has 1 aromatic carbocycles. The summed E-state index contributed by atoms with van der Waals surface area (Å²) in [6, 6.07) is 4.76. The van der Waals surface area contributed by atoms with E-state index >= 15 is 0 Å². The molecule has 0 radical (unpaired) electrons. The van der Waals surface area contributed by atoms with Crippen molar-refractivity contribution in [3.8, 4) is 5.75 Å². The summed E-state index contributed by atoms with van der Waals surface area (Å²) in [5, 5.41) is 3.38. The van der Waals surface area contributed by atoms with Gasteiger partial charge in [0, 0.05) is 31.2 Å². The van der Waals surface area contributed by atoms with E-state index in [0.29, 0.717) is 17.3 Å². The first-order valence-corrected chi connectivity index (χ1v) is 7.66. The molecule has 1 heterocycles. The van der Waals surface area contributed by atoms with Gasteiger partial charge in [-0.15, -0.1) is 0 Å². The van der Waals surface area contributed by atoms with Gasteiger partial charge in [0.25, 0.3) is 6.43 Å². The van der Waals surface area contributed by atoms with Gasteiger partial charge in [-0.25, -0.2) is 13.6 Å². The normalized spacial score (nSPS) is 17.5. The van der Waals surface area contributed by atoms with Gasteiger partial charge in [-0.3, -0.25) is 0 Å². The van der Waals surface area contributed by atoms with E-state index in [9.17, 15) is 13.6 Å². The number of amides is 2. The van der Waals surface area contributed by atoms with Gasteiger partial charge in [-0.1, -0.05) is 11.6 Å². The summed E-state index contributed by atoms with van der Waals surface area (Å²) in [7, 11) is 2.94. The van der Waals surface area contributed by atoms with Gasteiger partial charge in [0.2, 0.25) is 0 Å². The topological polar surface area (TPSA) is 44.8 Å². The fourth-order valence-electron chi connectivity index (χ4n) is 2.58. The van der Waals surface area contributed by atoms with Crippen molar-refractivity contribution in [1.29, 1.82) is 0 Å². The van der Waals surface area contributed by atoms with Crippen molar-refractivity contribution in [3.63, 3.8) is 0 Å². The van der Waals surface area contributed by atoms with Gasteiger partial charge in [-0.2, -0.15) is 0 Å². The van der Waals surface area contributed by atoms with Gasteiger partial charge in [0.05, 0.1) is 19.3 Å². The van der Waals surface area contributed by atoms with Gasteiger partial charge < -0.3 is 19.9 Å². The Morgan fingerprint density at radius 1 is 1.57 bits per heavy atom. The number of alkyl halides is 2.